The van der Waals surface area contributed by atoms with Crippen molar-refractivity contribution in [3.05, 3.63) is 9.98 Å². The molecule has 0 N–H and O–H groups in total. The Morgan fingerprint density at radius 2 is 1.22 bits per heavy atom. The molecule has 0 bridgehead atoms. The van der Waals surface area contributed by atoms with Crippen molar-refractivity contribution < 1.29 is 0 Å². The first-order valence-corrected chi connectivity index (χ1v) is 10.8. The predicted molar refractivity (Wildman–Crippen MR) is 47.4 cm³/mol. The van der Waals surface area contributed by atoms with Crippen LogP contribution in [0.1, 0.15) is 20.8 Å². The first-order chi connectivity index (χ1) is 3.85. The predicted octanol–water partition coefficient (Wildman–Crippen LogP) is 3.22. The van der Waals surface area contributed by atoms with Crippen LogP contribution in [0.5, 0.6) is 0 Å². The Morgan fingerprint density at radius 1 is 0.889 bits per heavy atom. The number of allylic oxidation sites excluding steroid dienone is 2. The van der Waals surface area contributed by atoms with Crippen LogP contribution in [-0.2, 0) is 0 Å². The topological polar surface area (TPSA) is 0 Å². The van der Waals surface area contributed by atoms with E-state index < -0.39 is 13.3 Å². The second kappa shape index (κ2) is 2.91. The van der Waals surface area contributed by atoms with Crippen molar-refractivity contribution in [2.75, 3.05) is 0 Å². The van der Waals surface area contributed by atoms with Crippen LogP contribution in [0.2, 0.25) is 17.3 Å². The maximum absolute atomic E-state index is 2.43. The Balaban J connectivity index is 4.40. The zero-order valence-electron chi connectivity index (χ0n) is 7.50. The second-order valence-electron chi connectivity index (χ2n) is 3.88. The van der Waals surface area contributed by atoms with Crippen molar-refractivity contribution >= 4 is 13.3 Å². The molecular formula is C8H18Ge. The summed E-state index contributed by atoms with van der Waals surface area (Å²) in [4.78, 5) is 0. The van der Waals surface area contributed by atoms with Gasteiger partial charge in [0.2, 0.25) is 0 Å². The third kappa shape index (κ3) is 3.09. The SMILES string of the molecule is CC(C)=[C](C)[Ge]([CH3])([CH3])[CH3]. The molecular weight excluding hydrogens is 169 g/mol. The quantitative estimate of drug-likeness (QED) is 0.552. The molecule has 0 rings (SSSR count). The molecule has 1 heteroatoms. The normalized spacial score (nSPS) is 11.3. The van der Waals surface area contributed by atoms with E-state index in [9.17, 15) is 0 Å². The van der Waals surface area contributed by atoms with Gasteiger partial charge in [-0.2, -0.15) is 0 Å². The van der Waals surface area contributed by atoms with E-state index in [4.69, 9.17) is 0 Å². The van der Waals surface area contributed by atoms with Gasteiger partial charge >= 0.3 is 61.3 Å². The van der Waals surface area contributed by atoms with Crippen LogP contribution in [0.15, 0.2) is 9.98 Å². The third-order valence-corrected chi connectivity index (χ3v) is 7.64. The molecule has 0 saturated carbocycles. The van der Waals surface area contributed by atoms with Crippen molar-refractivity contribution in [1.29, 1.82) is 0 Å². The monoisotopic (exact) mass is 188 g/mol. The third-order valence-electron chi connectivity index (χ3n) is 1.88. The molecule has 0 aromatic carbocycles. The summed E-state index contributed by atoms with van der Waals surface area (Å²) >= 11 is -1.40. The zero-order chi connectivity index (χ0) is 7.65. The first kappa shape index (κ1) is 9.28. The fourth-order valence-corrected chi connectivity index (χ4v) is 3.90. The van der Waals surface area contributed by atoms with Crippen LogP contribution in [-0.4, -0.2) is 13.3 Å². The summed E-state index contributed by atoms with van der Waals surface area (Å²) in [5.74, 6) is 7.30. The maximum atomic E-state index is 2.43. The Kier molecular flexibility index (Phi) is 3.00. The fourth-order valence-electron chi connectivity index (χ4n) is 0.750. The standard InChI is InChI=1S/C8H18Ge/c1-7(2)8(3)9(4,5)6/h1-6H3. The molecule has 0 aliphatic heterocycles. The number of hydrogen-bond donors (Lipinski definition) is 0. The average Bonchev–Trinajstić information content (AvgIpc) is 1.62. The summed E-state index contributed by atoms with van der Waals surface area (Å²) in [5.41, 5.74) is 1.53. The summed E-state index contributed by atoms with van der Waals surface area (Å²) in [6.45, 7) is 6.72. The molecule has 54 valence electrons. The first-order valence-electron chi connectivity index (χ1n) is 3.50. The van der Waals surface area contributed by atoms with Gasteiger partial charge in [0, 0.05) is 0 Å². The van der Waals surface area contributed by atoms with Gasteiger partial charge in [0.15, 0.2) is 0 Å². The summed E-state index contributed by atoms with van der Waals surface area (Å²) in [6.07, 6.45) is 0. The zero-order valence-corrected chi connectivity index (χ0v) is 9.60. The van der Waals surface area contributed by atoms with Gasteiger partial charge in [0.25, 0.3) is 0 Å². The van der Waals surface area contributed by atoms with E-state index in [0.717, 1.165) is 0 Å². The van der Waals surface area contributed by atoms with Crippen LogP contribution in [0.25, 0.3) is 0 Å². The van der Waals surface area contributed by atoms with Crippen LogP contribution in [0.3, 0.4) is 0 Å². The van der Waals surface area contributed by atoms with E-state index >= 15 is 0 Å². The second-order valence-corrected chi connectivity index (χ2v) is 14.9. The number of hydrogen-bond acceptors (Lipinski definition) is 0. The molecule has 0 amide bonds. The average molecular weight is 187 g/mol. The van der Waals surface area contributed by atoms with Crippen molar-refractivity contribution in [3.8, 4) is 0 Å². The van der Waals surface area contributed by atoms with E-state index in [1.807, 2.05) is 0 Å². The summed E-state index contributed by atoms with van der Waals surface area (Å²) in [6, 6.07) is 0. The van der Waals surface area contributed by atoms with E-state index in [1.54, 1.807) is 4.41 Å². The Morgan fingerprint density at radius 3 is 1.22 bits per heavy atom. The summed E-state index contributed by atoms with van der Waals surface area (Å²) in [7, 11) is 0. The van der Waals surface area contributed by atoms with Crippen LogP contribution in [0, 0.1) is 0 Å². The van der Waals surface area contributed by atoms with Gasteiger partial charge in [-0.05, 0) is 0 Å². The Bertz CT molecular complexity index is 122. The van der Waals surface area contributed by atoms with Crippen LogP contribution < -0.4 is 0 Å². The molecule has 0 aliphatic rings. The van der Waals surface area contributed by atoms with Gasteiger partial charge in [0.05, 0.1) is 0 Å². The summed E-state index contributed by atoms with van der Waals surface area (Å²) < 4.78 is 1.69. The van der Waals surface area contributed by atoms with E-state index in [-0.39, 0.29) is 0 Å². The molecule has 0 nitrogen and oxygen atoms in total. The van der Waals surface area contributed by atoms with Crippen molar-refractivity contribution in [2.24, 2.45) is 0 Å². The molecule has 9 heavy (non-hydrogen) atoms. The van der Waals surface area contributed by atoms with E-state index in [2.05, 4.69) is 38.0 Å². The minimum atomic E-state index is -1.40. The molecule has 0 saturated heterocycles. The molecule has 0 aromatic rings. The summed E-state index contributed by atoms with van der Waals surface area (Å²) in [5, 5.41) is 0. The fraction of sp³-hybridized carbons (Fsp3) is 0.750. The molecule has 0 radical (unpaired) electrons. The molecule has 0 aliphatic carbocycles. The Hall–Kier alpha value is 0.283. The van der Waals surface area contributed by atoms with Crippen LogP contribution in [0.4, 0.5) is 0 Å². The number of rotatable bonds is 1. The van der Waals surface area contributed by atoms with Gasteiger partial charge in [-0.3, -0.25) is 0 Å². The van der Waals surface area contributed by atoms with Crippen molar-refractivity contribution in [2.45, 2.75) is 38.0 Å². The van der Waals surface area contributed by atoms with Crippen LogP contribution >= 0.6 is 0 Å². The molecule has 0 spiro atoms. The van der Waals surface area contributed by atoms with Gasteiger partial charge in [-0.25, -0.2) is 0 Å². The molecule has 0 unspecified atom stereocenters. The molecule has 0 heterocycles. The van der Waals surface area contributed by atoms with E-state index in [0.29, 0.717) is 0 Å². The molecule has 0 aromatic heterocycles. The van der Waals surface area contributed by atoms with E-state index in [1.165, 1.54) is 5.57 Å². The molecule has 0 fully saturated rings. The van der Waals surface area contributed by atoms with Crippen molar-refractivity contribution in [3.63, 3.8) is 0 Å². The van der Waals surface area contributed by atoms with Gasteiger partial charge in [0.1, 0.15) is 0 Å². The van der Waals surface area contributed by atoms with Gasteiger partial charge < -0.3 is 0 Å². The molecule has 0 atom stereocenters. The van der Waals surface area contributed by atoms with Gasteiger partial charge in [-0.1, -0.05) is 0 Å². The van der Waals surface area contributed by atoms with Gasteiger partial charge in [-0.15, -0.1) is 0 Å². The Labute approximate surface area is 61.7 Å². The minimum absolute atomic E-state index is 1.40. The van der Waals surface area contributed by atoms with Crippen molar-refractivity contribution in [1.82, 2.24) is 0 Å².